The van der Waals surface area contributed by atoms with Gasteiger partial charge in [-0.15, -0.1) is 0 Å². The Kier molecular flexibility index (Phi) is 6.22. The van der Waals surface area contributed by atoms with E-state index >= 15 is 0 Å². The second kappa shape index (κ2) is 9.04. The number of aromatic nitrogens is 1. The Morgan fingerprint density at radius 1 is 1.10 bits per heavy atom. The summed E-state index contributed by atoms with van der Waals surface area (Å²) in [6.45, 7) is 7.61. The van der Waals surface area contributed by atoms with Crippen LogP contribution in [0.2, 0.25) is 0 Å². The second-order valence-electron chi connectivity index (χ2n) is 8.33. The van der Waals surface area contributed by atoms with Crippen molar-refractivity contribution in [3.05, 3.63) is 46.4 Å². The van der Waals surface area contributed by atoms with Gasteiger partial charge in [0.2, 0.25) is 5.91 Å². The molecule has 2 atom stereocenters. The summed E-state index contributed by atoms with van der Waals surface area (Å²) in [6.07, 6.45) is 4.43. The summed E-state index contributed by atoms with van der Waals surface area (Å²) < 4.78 is 6.95. The predicted molar refractivity (Wildman–Crippen MR) is 112 cm³/mol. The molecule has 0 aliphatic carbocycles. The molecule has 0 saturated carbocycles. The van der Waals surface area contributed by atoms with E-state index in [-0.39, 0.29) is 17.6 Å². The zero-order valence-electron chi connectivity index (χ0n) is 17.5. The summed E-state index contributed by atoms with van der Waals surface area (Å²) in [7, 11) is 0. The lowest BCUT2D eigenvalue weighted by Gasteiger charge is -2.42. The average molecular weight is 415 g/mol. The minimum Gasteiger partial charge on any atom is -0.450 e. The van der Waals surface area contributed by atoms with Crippen LogP contribution in [0.15, 0.2) is 35.1 Å². The number of nitrogens with zero attached hydrogens (tertiary/aromatic N) is 4. The molecule has 30 heavy (non-hydrogen) atoms. The number of piperidine rings is 1. The zero-order valence-corrected chi connectivity index (χ0v) is 17.5. The van der Waals surface area contributed by atoms with Crippen LogP contribution in [-0.4, -0.2) is 83.7 Å². The number of rotatable bonds is 4. The largest absolute Gasteiger partial charge is 0.450 e. The fourth-order valence-corrected chi connectivity index (χ4v) is 4.88. The van der Waals surface area contributed by atoms with E-state index in [9.17, 15) is 14.4 Å². The van der Waals surface area contributed by atoms with Gasteiger partial charge in [0.1, 0.15) is 0 Å². The van der Waals surface area contributed by atoms with E-state index in [0.29, 0.717) is 44.6 Å². The third-order valence-corrected chi connectivity index (χ3v) is 6.30. The Balaban J connectivity index is 1.27. The van der Waals surface area contributed by atoms with Gasteiger partial charge in [-0.25, -0.2) is 4.79 Å². The van der Waals surface area contributed by atoms with Crippen molar-refractivity contribution in [3.63, 3.8) is 0 Å². The molecule has 2 unspecified atom stereocenters. The molecular weight excluding hydrogens is 384 g/mol. The highest BCUT2D eigenvalue weighted by Gasteiger charge is 2.34. The quantitative estimate of drug-likeness (QED) is 0.691. The SMILES string of the molecule is CCOC(=O)N1CCN(C(=O)C=CCN2CC3CC(C2)c2cccc(=O)n2C3)CC1. The molecule has 0 N–H and O–H groups in total. The fraction of sp³-hybridized carbons (Fsp3) is 0.591. The lowest BCUT2D eigenvalue weighted by atomic mass is 9.83. The van der Waals surface area contributed by atoms with Crippen LogP contribution in [0.25, 0.3) is 0 Å². The van der Waals surface area contributed by atoms with Crippen LogP contribution in [0.4, 0.5) is 4.79 Å². The van der Waals surface area contributed by atoms with Crippen molar-refractivity contribution in [2.24, 2.45) is 5.92 Å². The lowest BCUT2D eigenvalue weighted by Crippen LogP contribution is -2.50. The smallest absolute Gasteiger partial charge is 0.409 e. The number of hydrogen-bond donors (Lipinski definition) is 0. The maximum absolute atomic E-state index is 12.5. The van der Waals surface area contributed by atoms with Gasteiger partial charge >= 0.3 is 6.09 Å². The maximum atomic E-state index is 12.5. The van der Waals surface area contributed by atoms with Gasteiger partial charge in [-0.3, -0.25) is 14.5 Å². The number of likely N-dealkylation sites (tertiary alicyclic amines) is 1. The van der Waals surface area contributed by atoms with Gasteiger partial charge < -0.3 is 19.1 Å². The highest BCUT2D eigenvalue weighted by atomic mass is 16.6. The van der Waals surface area contributed by atoms with Crippen LogP contribution in [-0.2, 0) is 16.1 Å². The Hall–Kier alpha value is -2.61. The molecule has 2 bridgehead atoms. The molecule has 2 fully saturated rings. The van der Waals surface area contributed by atoms with Crippen LogP contribution in [0.5, 0.6) is 0 Å². The summed E-state index contributed by atoms with van der Waals surface area (Å²) in [5.74, 6) is 0.857. The number of pyridine rings is 1. The van der Waals surface area contributed by atoms with Gasteiger partial charge in [0.25, 0.3) is 5.56 Å². The topological polar surface area (TPSA) is 75.1 Å². The molecule has 162 valence electrons. The molecule has 0 spiro atoms. The summed E-state index contributed by atoms with van der Waals surface area (Å²) in [5.41, 5.74) is 1.24. The third-order valence-electron chi connectivity index (χ3n) is 6.30. The first-order valence-electron chi connectivity index (χ1n) is 10.8. The van der Waals surface area contributed by atoms with Crippen molar-refractivity contribution in [1.29, 1.82) is 0 Å². The number of hydrogen-bond acceptors (Lipinski definition) is 5. The van der Waals surface area contributed by atoms with E-state index in [1.54, 1.807) is 28.9 Å². The minimum atomic E-state index is -0.306. The number of fused-ring (bicyclic) bond motifs is 4. The summed E-state index contributed by atoms with van der Waals surface area (Å²) in [5, 5.41) is 0. The van der Waals surface area contributed by atoms with Crippen LogP contribution in [0.1, 0.15) is 25.0 Å². The average Bonchev–Trinajstić information content (AvgIpc) is 2.75. The summed E-state index contributed by atoms with van der Waals surface area (Å²) >= 11 is 0. The molecule has 0 radical (unpaired) electrons. The van der Waals surface area contributed by atoms with E-state index in [4.69, 9.17) is 4.74 Å². The first-order chi connectivity index (χ1) is 14.5. The number of carbonyl (C=O) groups is 2. The number of amides is 2. The fourth-order valence-electron chi connectivity index (χ4n) is 4.88. The molecule has 2 saturated heterocycles. The second-order valence-corrected chi connectivity index (χ2v) is 8.33. The molecule has 1 aromatic heterocycles. The Morgan fingerprint density at radius 3 is 2.63 bits per heavy atom. The van der Waals surface area contributed by atoms with Crippen LogP contribution in [0, 0.1) is 5.92 Å². The highest BCUT2D eigenvalue weighted by molar-refractivity contribution is 5.87. The molecule has 3 aliphatic heterocycles. The van der Waals surface area contributed by atoms with Gasteiger partial charge in [-0.2, -0.15) is 0 Å². The van der Waals surface area contributed by atoms with Crippen molar-refractivity contribution in [1.82, 2.24) is 19.3 Å². The van der Waals surface area contributed by atoms with Gasteiger partial charge in [0, 0.05) is 76.1 Å². The van der Waals surface area contributed by atoms with Gasteiger partial charge in [0.15, 0.2) is 0 Å². The van der Waals surface area contributed by atoms with E-state index < -0.39 is 0 Å². The Labute approximate surface area is 176 Å². The van der Waals surface area contributed by atoms with Crippen LogP contribution >= 0.6 is 0 Å². The van der Waals surface area contributed by atoms with Crippen molar-refractivity contribution in [2.75, 3.05) is 52.4 Å². The molecule has 1 aromatic rings. The van der Waals surface area contributed by atoms with Crippen LogP contribution < -0.4 is 5.56 Å². The highest BCUT2D eigenvalue weighted by Crippen LogP contribution is 2.34. The molecule has 0 aromatic carbocycles. The molecule has 2 amide bonds. The standard InChI is InChI=1S/C22H30N4O4/c1-2-30-22(29)25-11-9-24(10-12-25)20(27)7-4-8-23-14-17-13-18(16-23)19-5-3-6-21(28)26(19)15-17/h3-7,17-18H,2,8-16H2,1H3. The Morgan fingerprint density at radius 2 is 1.87 bits per heavy atom. The first kappa shape index (κ1) is 20.7. The van der Waals surface area contributed by atoms with E-state index in [1.807, 2.05) is 16.7 Å². The number of piperazine rings is 1. The van der Waals surface area contributed by atoms with Gasteiger partial charge in [-0.1, -0.05) is 12.1 Å². The molecule has 4 rings (SSSR count). The van der Waals surface area contributed by atoms with Crippen molar-refractivity contribution in [3.8, 4) is 0 Å². The minimum absolute atomic E-state index is 0.00684. The zero-order chi connectivity index (χ0) is 21.1. The lowest BCUT2D eigenvalue weighted by molar-refractivity contribution is -0.127. The summed E-state index contributed by atoms with van der Waals surface area (Å²) in [6, 6.07) is 5.57. The van der Waals surface area contributed by atoms with E-state index in [1.165, 1.54) is 0 Å². The molecular formula is C22H30N4O4. The van der Waals surface area contributed by atoms with E-state index in [0.717, 1.165) is 38.3 Å². The molecule has 8 heteroatoms. The Bertz CT molecular complexity index is 872. The third kappa shape index (κ3) is 4.43. The van der Waals surface area contributed by atoms with Gasteiger partial charge in [-0.05, 0) is 25.3 Å². The maximum Gasteiger partial charge on any atom is 0.409 e. The van der Waals surface area contributed by atoms with E-state index in [2.05, 4.69) is 11.0 Å². The molecule has 8 nitrogen and oxygen atoms in total. The van der Waals surface area contributed by atoms with Crippen LogP contribution in [0.3, 0.4) is 0 Å². The van der Waals surface area contributed by atoms with Gasteiger partial charge in [0.05, 0.1) is 6.61 Å². The normalized spacial score (nSPS) is 24.0. The monoisotopic (exact) mass is 414 g/mol. The molecule has 3 aliphatic rings. The predicted octanol–water partition coefficient (Wildman–Crippen LogP) is 1.12. The summed E-state index contributed by atoms with van der Waals surface area (Å²) in [4.78, 5) is 42.2. The number of carbonyl (C=O) groups excluding carboxylic acids is 2. The molecule has 4 heterocycles. The first-order valence-corrected chi connectivity index (χ1v) is 10.8. The van der Waals surface area contributed by atoms with Crippen molar-refractivity contribution in [2.45, 2.75) is 25.8 Å². The number of ether oxygens (including phenoxy) is 1. The van der Waals surface area contributed by atoms with Crippen molar-refractivity contribution >= 4 is 12.0 Å². The van der Waals surface area contributed by atoms with Crippen molar-refractivity contribution < 1.29 is 14.3 Å².